The third-order valence-corrected chi connectivity index (χ3v) is 2.70. The van der Waals surface area contributed by atoms with E-state index in [1.165, 1.54) is 12.1 Å². The number of hydrogen-bond acceptors (Lipinski definition) is 3. The summed E-state index contributed by atoms with van der Waals surface area (Å²) in [6.45, 7) is 3.50. The molecule has 2 rings (SSSR count). The summed E-state index contributed by atoms with van der Waals surface area (Å²) in [5, 5.41) is 13.3. The molecule has 1 aromatic carbocycles. The zero-order chi connectivity index (χ0) is 11.2. The summed E-state index contributed by atoms with van der Waals surface area (Å²) < 4.78 is 0. The van der Waals surface area contributed by atoms with Crippen molar-refractivity contribution in [1.82, 2.24) is 0 Å². The van der Waals surface area contributed by atoms with E-state index in [0.29, 0.717) is 11.3 Å². The van der Waals surface area contributed by atoms with Crippen molar-refractivity contribution in [2.75, 3.05) is 5.32 Å². The van der Waals surface area contributed by atoms with Crippen LogP contribution in [0.25, 0.3) is 0 Å². The number of carbonyl (C=O) groups excluding carboxylic acids is 1. The summed E-state index contributed by atoms with van der Waals surface area (Å²) in [5.74, 6) is -0.127. The number of amides is 1. The molecule has 0 bridgehead atoms. The first kappa shape index (κ1) is 9.64. The first-order valence-electron chi connectivity index (χ1n) is 4.53. The average Bonchev–Trinajstić information content (AvgIpc) is 2.38. The van der Waals surface area contributed by atoms with Crippen molar-refractivity contribution in [2.24, 2.45) is 0 Å². The number of nitro benzene ring substituents is 1. The lowest BCUT2D eigenvalue weighted by Crippen LogP contribution is -2.26. The van der Waals surface area contributed by atoms with Gasteiger partial charge in [-0.15, -0.1) is 0 Å². The molecule has 78 valence electrons. The van der Waals surface area contributed by atoms with E-state index in [1.807, 2.05) is 0 Å². The minimum Gasteiger partial charge on any atom is -0.325 e. The predicted molar refractivity (Wildman–Crippen MR) is 54.8 cm³/mol. The Morgan fingerprint density at radius 1 is 1.40 bits per heavy atom. The lowest BCUT2D eigenvalue weighted by molar-refractivity contribution is -0.384. The SMILES string of the molecule is CC1(C)C(=O)Nc2ccc([N+](=O)[O-])cc21. The van der Waals surface area contributed by atoms with Crippen LogP contribution < -0.4 is 5.32 Å². The van der Waals surface area contributed by atoms with Gasteiger partial charge in [0.25, 0.3) is 5.69 Å². The van der Waals surface area contributed by atoms with Crippen molar-refractivity contribution in [1.29, 1.82) is 0 Å². The van der Waals surface area contributed by atoms with Gasteiger partial charge in [-0.3, -0.25) is 14.9 Å². The first-order valence-corrected chi connectivity index (χ1v) is 4.53. The fourth-order valence-corrected chi connectivity index (χ4v) is 1.67. The van der Waals surface area contributed by atoms with Crippen LogP contribution in [-0.2, 0) is 10.2 Å². The van der Waals surface area contributed by atoms with Crippen molar-refractivity contribution >= 4 is 17.3 Å². The summed E-state index contributed by atoms with van der Waals surface area (Å²) >= 11 is 0. The number of rotatable bonds is 1. The van der Waals surface area contributed by atoms with E-state index in [1.54, 1.807) is 19.9 Å². The van der Waals surface area contributed by atoms with Gasteiger partial charge in [-0.05, 0) is 25.5 Å². The highest BCUT2D eigenvalue weighted by atomic mass is 16.6. The third kappa shape index (κ3) is 1.27. The first-order chi connectivity index (χ1) is 6.93. The molecule has 1 aliphatic heterocycles. The van der Waals surface area contributed by atoms with Crippen LogP contribution in [0.15, 0.2) is 18.2 Å². The largest absolute Gasteiger partial charge is 0.325 e. The van der Waals surface area contributed by atoms with Crippen molar-refractivity contribution < 1.29 is 9.72 Å². The maximum atomic E-state index is 11.6. The Bertz CT molecular complexity index is 466. The number of fused-ring (bicyclic) bond motifs is 1. The van der Waals surface area contributed by atoms with E-state index in [0.717, 1.165) is 0 Å². The summed E-state index contributed by atoms with van der Waals surface area (Å²) in [5.41, 5.74) is 0.664. The molecule has 0 aromatic heterocycles. The molecule has 1 amide bonds. The fraction of sp³-hybridized carbons (Fsp3) is 0.300. The zero-order valence-corrected chi connectivity index (χ0v) is 8.40. The van der Waals surface area contributed by atoms with Crippen LogP contribution in [0.3, 0.4) is 0 Å². The van der Waals surface area contributed by atoms with Gasteiger partial charge >= 0.3 is 0 Å². The summed E-state index contributed by atoms with van der Waals surface area (Å²) in [6, 6.07) is 4.41. The monoisotopic (exact) mass is 206 g/mol. The Labute approximate surface area is 86.2 Å². The molecule has 5 heteroatoms. The molecule has 5 nitrogen and oxygen atoms in total. The van der Waals surface area contributed by atoms with Gasteiger partial charge in [0.1, 0.15) is 0 Å². The molecule has 1 aliphatic rings. The van der Waals surface area contributed by atoms with Gasteiger partial charge in [-0.25, -0.2) is 0 Å². The Morgan fingerprint density at radius 3 is 2.67 bits per heavy atom. The smallest absolute Gasteiger partial charge is 0.269 e. The molecule has 0 spiro atoms. The summed E-state index contributed by atoms with van der Waals surface area (Å²) in [7, 11) is 0. The van der Waals surface area contributed by atoms with Crippen LogP contribution in [0.4, 0.5) is 11.4 Å². The highest BCUT2D eigenvalue weighted by Crippen LogP contribution is 2.38. The lowest BCUT2D eigenvalue weighted by Gasteiger charge is -2.14. The molecular formula is C10H10N2O3. The van der Waals surface area contributed by atoms with Crippen molar-refractivity contribution in [3.63, 3.8) is 0 Å². The van der Waals surface area contributed by atoms with E-state index < -0.39 is 10.3 Å². The van der Waals surface area contributed by atoms with E-state index >= 15 is 0 Å². The predicted octanol–water partition coefficient (Wildman–Crippen LogP) is 1.82. The van der Waals surface area contributed by atoms with E-state index in [-0.39, 0.29) is 11.6 Å². The maximum Gasteiger partial charge on any atom is 0.269 e. The molecule has 0 saturated heterocycles. The third-order valence-electron chi connectivity index (χ3n) is 2.70. The minimum atomic E-state index is -0.693. The van der Waals surface area contributed by atoms with Gasteiger partial charge < -0.3 is 5.32 Å². The van der Waals surface area contributed by atoms with Gasteiger partial charge in [-0.1, -0.05) is 0 Å². The number of nitrogens with one attached hydrogen (secondary N) is 1. The molecule has 0 fully saturated rings. The number of hydrogen-bond donors (Lipinski definition) is 1. The second-order valence-electron chi connectivity index (χ2n) is 4.07. The molecular weight excluding hydrogens is 196 g/mol. The maximum absolute atomic E-state index is 11.6. The Kier molecular flexibility index (Phi) is 1.79. The molecule has 0 atom stereocenters. The number of non-ortho nitro benzene ring substituents is 1. The number of nitrogens with zero attached hydrogens (tertiary/aromatic N) is 1. The van der Waals surface area contributed by atoms with E-state index in [4.69, 9.17) is 0 Å². The fourth-order valence-electron chi connectivity index (χ4n) is 1.67. The van der Waals surface area contributed by atoms with Crippen molar-refractivity contribution in [3.8, 4) is 0 Å². The lowest BCUT2D eigenvalue weighted by atomic mass is 9.86. The van der Waals surface area contributed by atoms with Crippen molar-refractivity contribution in [2.45, 2.75) is 19.3 Å². The minimum absolute atomic E-state index is 0.0123. The second kappa shape index (κ2) is 2.79. The van der Waals surface area contributed by atoms with Gasteiger partial charge in [0.15, 0.2) is 0 Å². The van der Waals surface area contributed by atoms with E-state index in [2.05, 4.69) is 5.32 Å². The van der Waals surface area contributed by atoms with Crippen LogP contribution in [0.2, 0.25) is 0 Å². The number of carbonyl (C=O) groups is 1. The Morgan fingerprint density at radius 2 is 2.07 bits per heavy atom. The molecule has 0 radical (unpaired) electrons. The van der Waals surface area contributed by atoms with Gasteiger partial charge in [0.2, 0.25) is 5.91 Å². The highest BCUT2D eigenvalue weighted by molar-refractivity contribution is 6.05. The van der Waals surface area contributed by atoms with Gasteiger partial charge in [0, 0.05) is 17.8 Å². The molecule has 0 saturated carbocycles. The molecule has 1 aromatic rings. The number of nitro groups is 1. The molecule has 1 N–H and O–H groups in total. The van der Waals surface area contributed by atoms with Crippen LogP contribution in [0.1, 0.15) is 19.4 Å². The van der Waals surface area contributed by atoms with Gasteiger partial charge in [-0.2, -0.15) is 0 Å². The summed E-state index contributed by atoms with van der Waals surface area (Å²) in [6.07, 6.45) is 0. The topological polar surface area (TPSA) is 72.2 Å². The highest BCUT2D eigenvalue weighted by Gasteiger charge is 2.39. The molecule has 15 heavy (non-hydrogen) atoms. The zero-order valence-electron chi connectivity index (χ0n) is 8.40. The van der Waals surface area contributed by atoms with Crippen LogP contribution >= 0.6 is 0 Å². The standard InChI is InChI=1S/C10H10N2O3/c1-10(2)7-5-6(12(14)15)3-4-8(7)11-9(10)13/h3-5H,1-2H3,(H,11,13). The normalized spacial score (nSPS) is 17.1. The second-order valence-corrected chi connectivity index (χ2v) is 4.07. The number of benzene rings is 1. The molecule has 0 aliphatic carbocycles. The van der Waals surface area contributed by atoms with Gasteiger partial charge in [0.05, 0.1) is 10.3 Å². The quantitative estimate of drug-likeness (QED) is 0.562. The Hall–Kier alpha value is -1.91. The number of anilines is 1. The average molecular weight is 206 g/mol. The van der Waals surface area contributed by atoms with Crippen LogP contribution in [-0.4, -0.2) is 10.8 Å². The van der Waals surface area contributed by atoms with Crippen LogP contribution in [0.5, 0.6) is 0 Å². The summed E-state index contributed by atoms with van der Waals surface area (Å²) in [4.78, 5) is 21.7. The molecule has 0 unspecified atom stereocenters. The molecule has 1 heterocycles. The Balaban J connectivity index is 2.59. The van der Waals surface area contributed by atoms with Crippen molar-refractivity contribution in [3.05, 3.63) is 33.9 Å². The van der Waals surface area contributed by atoms with E-state index in [9.17, 15) is 14.9 Å². The van der Waals surface area contributed by atoms with Crippen LogP contribution in [0, 0.1) is 10.1 Å².